The van der Waals surface area contributed by atoms with Crippen molar-refractivity contribution in [3.63, 3.8) is 0 Å². The van der Waals surface area contributed by atoms with E-state index in [2.05, 4.69) is 9.88 Å². The number of phenolic OH excluding ortho intramolecular Hbond substituents is 1. The summed E-state index contributed by atoms with van der Waals surface area (Å²) in [6.45, 7) is 1.74. The topological polar surface area (TPSA) is 91.3 Å². The minimum absolute atomic E-state index is 0.0495. The van der Waals surface area contributed by atoms with Gasteiger partial charge in [0.25, 0.3) is 0 Å². The van der Waals surface area contributed by atoms with Crippen LogP contribution in [-0.2, 0) is 0 Å². The highest BCUT2D eigenvalue weighted by Gasteiger charge is 2.27. The SMILES string of the molecule is CN1CCC(c2[nH]c(N)c(/C=C(\N)c3ccccc3O)c2F)C1. The molecule has 1 saturated heterocycles. The van der Waals surface area contributed by atoms with Crippen LogP contribution in [0.4, 0.5) is 10.2 Å². The summed E-state index contributed by atoms with van der Waals surface area (Å²) in [7, 11) is 2.02. The van der Waals surface area contributed by atoms with Crippen LogP contribution in [-0.4, -0.2) is 35.1 Å². The summed E-state index contributed by atoms with van der Waals surface area (Å²) in [6.07, 6.45) is 2.36. The average molecular weight is 316 g/mol. The first-order valence-electron chi connectivity index (χ1n) is 7.58. The van der Waals surface area contributed by atoms with Crippen molar-refractivity contribution >= 4 is 17.6 Å². The molecule has 0 amide bonds. The fourth-order valence-electron chi connectivity index (χ4n) is 3.07. The minimum atomic E-state index is -0.360. The molecule has 1 aliphatic rings. The molecular weight excluding hydrogens is 295 g/mol. The van der Waals surface area contributed by atoms with Crippen molar-refractivity contribution in [1.29, 1.82) is 0 Å². The van der Waals surface area contributed by atoms with E-state index in [1.807, 2.05) is 7.05 Å². The Morgan fingerprint density at radius 1 is 1.43 bits per heavy atom. The van der Waals surface area contributed by atoms with E-state index in [1.54, 1.807) is 18.2 Å². The molecular formula is C17H21FN4O. The molecule has 0 saturated carbocycles. The van der Waals surface area contributed by atoms with Crippen molar-refractivity contribution < 1.29 is 9.50 Å². The number of para-hydroxylation sites is 1. The van der Waals surface area contributed by atoms with Crippen LogP contribution in [0.15, 0.2) is 24.3 Å². The van der Waals surface area contributed by atoms with E-state index in [-0.39, 0.29) is 34.6 Å². The molecule has 0 bridgehead atoms. The molecule has 122 valence electrons. The van der Waals surface area contributed by atoms with Gasteiger partial charge in [0.05, 0.1) is 11.3 Å². The largest absolute Gasteiger partial charge is 0.507 e. The fraction of sp³-hybridized carbons (Fsp3) is 0.294. The molecule has 0 spiro atoms. The third-order valence-electron chi connectivity index (χ3n) is 4.35. The Hall–Kier alpha value is -2.47. The van der Waals surface area contributed by atoms with Crippen molar-refractivity contribution in [2.75, 3.05) is 25.9 Å². The highest BCUT2D eigenvalue weighted by atomic mass is 19.1. The lowest BCUT2D eigenvalue weighted by molar-refractivity contribution is 0.409. The number of likely N-dealkylation sites (N-methyl/N-ethyl adjacent to an activating group) is 1. The third kappa shape index (κ3) is 2.90. The first kappa shape index (κ1) is 15.4. The molecule has 0 radical (unpaired) electrons. The lowest BCUT2D eigenvalue weighted by atomic mass is 10.0. The van der Waals surface area contributed by atoms with Crippen LogP contribution in [0.3, 0.4) is 0 Å². The standard InChI is InChI=1S/C17H21FN4O/c1-22-7-6-10(9-22)16-15(18)12(17(20)21-16)8-13(19)11-4-2-3-5-14(11)23/h2-5,8,10,21,23H,6-7,9,19-20H2,1H3/b13-8-. The van der Waals surface area contributed by atoms with Crippen LogP contribution < -0.4 is 11.5 Å². The Kier molecular flexibility index (Phi) is 4.00. The van der Waals surface area contributed by atoms with Gasteiger partial charge in [0.1, 0.15) is 11.6 Å². The van der Waals surface area contributed by atoms with Crippen molar-refractivity contribution in [1.82, 2.24) is 9.88 Å². The van der Waals surface area contributed by atoms with Gasteiger partial charge in [0, 0.05) is 23.7 Å². The lowest BCUT2D eigenvalue weighted by Crippen LogP contribution is -2.13. The van der Waals surface area contributed by atoms with Gasteiger partial charge in [-0.1, -0.05) is 12.1 Å². The van der Waals surface area contributed by atoms with Crippen molar-refractivity contribution in [3.05, 3.63) is 46.9 Å². The smallest absolute Gasteiger partial charge is 0.153 e. The number of hydrogen-bond acceptors (Lipinski definition) is 4. The molecule has 2 aromatic rings. The van der Waals surface area contributed by atoms with Crippen LogP contribution in [0.25, 0.3) is 11.8 Å². The molecule has 6 N–H and O–H groups in total. The van der Waals surface area contributed by atoms with E-state index >= 15 is 0 Å². The zero-order valence-electron chi connectivity index (χ0n) is 13.0. The summed E-state index contributed by atoms with van der Waals surface area (Å²) in [5, 5.41) is 9.85. The van der Waals surface area contributed by atoms with E-state index in [4.69, 9.17) is 11.5 Å². The van der Waals surface area contributed by atoms with Gasteiger partial charge < -0.3 is 26.5 Å². The average Bonchev–Trinajstić information content (AvgIpc) is 3.06. The summed E-state index contributed by atoms with van der Waals surface area (Å²) in [5.41, 5.74) is 13.4. The number of H-pyrrole nitrogens is 1. The highest BCUT2D eigenvalue weighted by molar-refractivity contribution is 5.84. The Bertz CT molecular complexity index is 753. The van der Waals surface area contributed by atoms with Gasteiger partial charge in [0.2, 0.25) is 0 Å². The van der Waals surface area contributed by atoms with Gasteiger partial charge in [-0.25, -0.2) is 4.39 Å². The van der Waals surface area contributed by atoms with Gasteiger partial charge in [-0.15, -0.1) is 0 Å². The Morgan fingerprint density at radius 2 is 2.17 bits per heavy atom. The number of hydrogen-bond donors (Lipinski definition) is 4. The number of rotatable bonds is 3. The van der Waals surface area contributed by atoms with Gasteiger partial charge in [-0.2, -0.15) is 0 Å². The predicted molar refractivity (Wildman–Crippen MR) is 90.2 cm³/mol. The number of nitrogens with zero attached hydrogens (tertiary/aromatic N) is 1. The first-order chi connectivity index (χ1) is 11.0. The lowest BCUT2D eigenvalue weighted by Gasteiger charge is -2.08. The number of aromatic amines is 1. The van der Waals surface area contributed by atoms with E-state index < -0.39 is 0 Å². The molecule has 1 atom stereocenters. The summed E-state index contributed by atoms with van der Waals surface area (Å²) in [6, 6.07) is 6.67. The summed E-state index contributed by atoms with van der Waals surface area (Å²) in [4.78, 5) is 5.12. The first-order valence-corrected chi connectivity index (χ1v) is 7.58. The van der Waals surface area contributed by atoms with E-state index in [1.165, 1.54) is 12.1 Å². The number of benzene rings is 1. The zero-order valence-corrected chi connectivity index (χ0v) is 13.0. The third-order valence-corrected chi connectivity index (χ3v) is 4.35. The summed E-state index contributed by atoms with van der Waals surface area (Å²) < 4.78 is 14.8. The Morgan fingerprint density at radius 3 is 2.83 bits per heavy atom. The molecule has 6 heteroatoms. The Balaban J connectivity index is 1.96. The van der Waals surface area contributed by atoms with Gasteiger partial charge in [0.15, 0.2) is 5.82 Å². The van der Waals surface area contributed by atoms with Gasteiger partial charge >= 0.3 is 0 Å². The predicted octanol–water partition coefficient (Wildman–Crippen LogP) is 2.32. The molecule has 1 aromatic carbocycles. The minimum Gasteiger partial charge on any atom is -0.507 e. The molecule has 1 fully saturated rings. The molecule has 2 heterocycles. The van der Waals surface area contributed by atoms with Crippen molar-refractivity contribution in [3.8, 4) is 5.75 Å². The van der Waals surface area contributed by atoms with E-state index in [9.17, 15) is 9.50 Å². The molecule has 1 aliphatic heterocycles. The highest BCUT2D eigenvalue weighted by Crippen LogP contribution is 2.33. The summed E-state index contributed by atoms with van der Waals surface area (Å²) >= 11 is 0. The number of halogens is 1. The molecule has 5 nitrogen and oxygen atoms in total. The monoisotopic (exact) mass is 316 g/mol. The maximum absolute atomic E-state index is 14.8. The molecule has 23 heavy (non-hydrogen) atoms. The zero-order chi connectivity index (χ0) is 16.6. The number of aromatic nitrogens is 1. The molecule has 0 aliphatic carbocycles. The molecule has 3 rings (SSSR count). The fourth-order valence-corrected chi connectivity index (χ4v) is 3.07. The maximum atomic E-state index is 14.8. The van der Waals surface area contributed by atoms with Crippen LogP contribution >= 0.6 is 0 Å². The number of anilines is 1. The molecule has 1 unspecified atom stereocenters. The number of nitrogen functional groups attached to an aromatic ring is 1. The second kappa shape index (κ2) is 5.96. The van der Waals surface area contributed by atoms with Crippen LogP contribution in [0.2, 0.25) is 0 Å². The number of likely N-dealkylation sites (tertiary alicyclic amines) is 1. The number of nitrogens with one attached hydrogen (secondary N) is 1. The van der Waals surface area contributed by atoms with Crippen LogP contribution in [0.1, 0.15) is 29.2 Å². The Labute approximate surface area is 134 Å². The summed E-state index contributed by atoms with van der Waals surface area (Å²) in [5.74, 6) is 0.0517. The van der Waals surface area contributed by atoms with Gasteiger partial charge in [-0.3, -0.25) is 0 Å². The van der Waals surface area contributed by atoms with Gasteiger partial charge in [-0.05, 0) is 38.2 Å². The van der Waals surface area contributed by atoms with Crippen LogP contribution in [0.5, 0.6) is 5.75 Å². The van der Waals surface area contributed by atoms with E-state index in [0.29, 0.717) is 11.3 Å². The second-order valence-electron chi connectivity index (χ2n) is 6.04. The van der Waals surface area contributed by atoms with E-state index in [0.717, 1.165) is 19.5 Å². The number of phenols is 1. The van der Waals surface area contributed by atoms with Crippen LogP contribution in [0, 0.1) is 5.82 Å². The number of aromatic hydroxyl groups is 1. The van der Waals surface area contributed by atoms with Crippen molar-refractivity contribution in [2.24, 2.45) is 5.73 Å². The molecule has 1 aromatic heterocycles. The second-order valence-corrected chi connectivity index (χ2v) is 6.04. The normalized spacial score (nSPS) is 19.4. The van der Waals surface area contributed by atoms with Crippen molar-refractivity contribution in [2.45, 2.75) is 12.3 Å². The number of nitrogens with two attached hydrogens (primary N) is 2. The quantitative estimate of drug-likeness (QED) is 0.699. The maximum Gasteiger partial charge on any atom is 0.153 e.